The molecule has 2 aromatic rings. The Bertz CT molecular complexity index is 672. The van der Waals surface area contributed by atoms with Crippen LogP contribution in [0.3, 0.4) is 0 Å². The summed E-state index contributed by atoms with van der Waals surface area (Å²) in [6.07, 6.45) is -2.37. The lowest BCUT2D eigenvalue weighted by Gasteiger charge is -2.33. The van der Waals surface area contributed by atoms with Gasteiger partial charge in [-0.15, -0.1) is 0 Å². The molecule has 0 bridgehead atoms. The average molecular weight is 314 g/mol. The predicted molar refractivity (Wildman–Crippen MR) is 75.2 cm³/mol. The quantitative estimate of drug-likeness (QED) is 0.911. The Morgan fingerprint density at radius 2 is 1.95 bits per heavy atom. The van der Waals surface area contributed by atoms with Gasteiger partial charge >= 0.3 is 6.18 Å². The van der Waals surface area contributed by atoms with Gasteiger partial charge in [0.05, 0.1) is 18.8 Å². The van der Waals surface area contributed by atoms with Crippen molar-refractivity contribution in [3.63, 3.8) is 0 Å². The van der Waals surface area contributed by atoms with Crippen LogP contribution in [0.5, 0.6) is 0 Å². The van der Waals surface area contributed by atoms with E-state index in [0.717, 1.165) is 0 Å². The maximum atomic E-state index is 12.8. The van der Waals surface area contributed by atoms with Crippen LogP contribution in [0.2, 0.25) is 0 Å². The number of anilines is 1. The Hall–Kier alpha value is -1.90. The Morgan fingerprint density at radius 3 is 2.55 bits per heavy atom. The second kappa shape index (κ2) is 5.38. The molecule has 0 amide bonds. The van der Waals surface area contributed by atoms with Gasteiger partial charge in [0.25, 0.3) is 0 Å². The fourth-order valence-corrected chi connectivity index (χ4v) is 2.77. The Balaban J connectivity index is 1.91. The summed E-state index contributed by atoms with van der Waals surface area (Å²) in [6, 6.07) is 0. The number of imidazole rings is 1. The molecule has 3 heterocycles. The lowest BCUT2D eigenvalue weighted by molar-refractivity contribution is -0.179. The van der Waals surface area contributed by atoms with E-state index in [4.69, 9.17) is 5.73 Å². The summed E-state index contributed by atoms with van der Waals surface area (Å²) in [5.41, 5.74) is 6.86. The predicted octanol–water partition coefficient (Wildman–Crippen LogP) is 1.60. The lowest BCUT2D eigenvalue weighted by Crippen LogP contribution is -2.39. The van der Waals surface area contributed by atoms with Crippen molar-refractivity contribution < 1.29 is 13.2 Å². The maximum absolute atomic E-state index is 12.8. The molecule has 3 rings (SSSR count). The summed E-state index contributed by atoms with van der Waals surface area (Å²) in [5, 5.41) is 0. The molecule has 1 fully saturated rings. The van der Waals surface area contributed by atoms with Crippen LogP contribution in [0.15, 0.2) is 6.33 Å². The average Bonchev–Trinajstić information content (AvgIpc) is 2.87. The van der Waals surface area contributed by atoms with E-state index in [0.29, 0.717) is 35.9 Å². The second-order valence-electron chi connectivity index (χ2n) is 5.50. The van der Waals surface area contributed by atoms with E-state index < -0.39 is 12.1 Å². The van der Waals surface area contributed by atoms with Crippen molar-refractivity contribution in [1.82, 2.24) is 19.5 Å². The van der Waals surface area contributed by atoms with E-state index in [1.165, 1.54) is 0 Å². The van der Waals surface area contributed by atoms with Gasteiger partial charge in [-0.2, -0.15) is 13.2 Å². The molecule has 120 valence electrons. The summed E-state index contributed by atoms with van der Waals surface area (Å²) in [6.45, 7) is 0.779. The number of hydrogen-bond donors (Lipinski definition) is 1. The van der Waals surface area contributed by atoms with Gasteiger partial charge in [-0.25, -0.2) is 15.0 Å². The van der Waals surface area contributed by atoms with Crippen LogP contribution in [0.4, 0.5) is 19.0 Å². The minimum Gasteiger partial charge on any atom is -0.355 e. The first-order valence-electron chi connectivity index (χ1n) is 7.10. The highest BCUT2D eigenvalue weighted by Gasteiger charge is 2.41. The first-order valence-corrected chi connectivity index (χ1v) is 7.10. The summed E-state index contributed by atoms with van der Waals surface area (Å²) in [5.74, 6) is -0.200. The molecule has 2 aromatic heterocycles. The van der Waals surface area contributed by atoms with E-state index in [9.17, 15) is 13.2 Å². The Labute approximate surface area is 125 Å². The number of aromatic nitrogens is 4. The number of fused-ring (bicyclic) bond motifs is 1. The fourth-order valence-electron chi connectivity index (χ4n) is 2.77. The number of hydrogen-bond acceptors (Lipinski definition) is 5. The number of nitrogens with two attached hydrogens (primary N) is 1. The molecular weight excluding hydrogens is 297 g/mol. The highest BCUT2D eigenvalue weighted by Crippen LogP contribution is 2.36. The second-order valence-corrected chi connectivity index (χ2v) is 5.50. The normalized spacial score (nSPS) is 17.4. The standard InChI is InChI=1S/C13H17F3N6/c1-21-7-18-10-11(21)19-9(6-17)20-12(10)22-4-2-8(3-5-22)13(14,15)16/h7-8H,2-6,17H2,1H3. The molecule has 0 unspecified atom stereocenters. The van der Waals surface area contributed by atoms with Crippen LogP contribution >= 0.6 is 0 Å². The van der Waals surface area contributed by atoms with Crippen molar-refractivity contribution >= 4 is 17.0 Å². The van der Waals surface area contributed by atoms with Gasteiger partial charge in [0.2, 0.25) is 0 Å². The molecule has 0 radical (unpaired) electrons. The molecule has 22 heavy (non-hydrogen) atoms. The van der Waals surface area contributed by atoms with Gasteiger partial charge in [-0.3, -0.25) is 0 Å². The number of halogens is 3. The Kier molecular flexibility index (Phi) is 3.67. The van der Waals surface area contributed by atoms with Crippen molar-refractivity contribution in [3.05, 3.63) is 12.2 Å². The van der Waals surface area contributed by atoms with Gasteiger partial charge in [0.15, 0.2) is 17.0 Å². The number of aryl methyl sites for hydroxylation is 1. The molecule has 0 aromatic carbocycles. The minimum absolute atomic E-state index is 0.0692. The third-order valence-electron chi connectivity index (χ3n) is 4.03. The maximum Gasteiger partial charge on any atom is 0.391 e. The minimum atomic E-state index is -4.12. The molecule has 6 nitrogen and oxygen atoms in total. The van der Waals surface area contributed by atoms with E-state index in [-0.39, 0.29) is 19.4 Å². The van der Waals surface area contributed by atoms with Crippen LogP contribution in [0.25, 0.3) is 11.2 Å². The molecule has 9 heteroatoms. The van der Waals surface area contributed by atoms with Crippen LogP contribution < -0.4 is 10.6 Å². The largest absolute Gasteiger partial charge is 0.391 e. The van der Waals surface area contributed by atoms with Gasteiger partial charge < -0.3 is 15.2 Å². The third-order valence-corrected chi connectivity index (χ3v) is 4.03. The molecule has 0 spiro atoms. The van der Waals surface area contributed by atoms with Crippen molar-refractivity contribution in [1.29, 1.82) is 0 Å². The Morgan fingerprint density at radius 1 is 1.27 bits per heavy atom. The summed E-state index contributed by atoms with van der Waals surface area (Å²) in [4.78, 5) is 14.8. The lowest BCUT2D eigenvalue weighted by atomic mass is 9.96. The zero-order valence-corrected chi connectivity index (χ0v) is 12.1. The van der Waals surface area contributed by atoms with E-state index in [2.05, 4.69) is 15.0 Å². The van der Waals surface area contributed by atoms with E-state index in [1.54, 1.807) is 10.9 Å². The van der Waals surface area contributed by atoms with E-state index >= 15 is 0 Å². The highest BCUT2D eigenvalue weighted by atomic mass is 19.4. The molecule has 0 saturated carbocycles. The molecular formula is C13H17F3N6. The number of alkyl halides is 3. The topological polar surface area (TPSA) is 72.9 Å². The van der Waals surface area contributed by atoms with Crippen LogP contribution in [-0.2, 0) is 13.6 Å². The summed E-state index contributed by atoms with van der Waals surface area (Å²) >= 11 is 0. The van der Waals surface area contributed by atoms with Crippen molar-refractivity contribution in [2.24, 2.45) is 18.7 Å². The molecule has 1 aliphatic rings. The SMILES string of the molecule is Cn1cnc2c(N3CCC(C(F)(F)F)CC3)nc(CN)nc21. The first-order chi connectivity index (χ1) is 10.4. The van der Waals surface area contributed by atoms with Crippen LogP contribution in [-0.4, -0.2) is 38.8 Å². The molecule has 0 aliphatic carbocycles. The van der Waals surface area contributed by atoms with Crippen molar-refractivity contribution in [2.75, 3.05) is 18.0 Å². The van der Waals surface area contributed by atoms with E-state index in [1.807, 2.05) is 11.9 Å². The van der Waals surface area contributed by atoms with Crippen LogP contribution in [0, 0.1) is 5.92 Å². The summed E-state index contributed by atoms with van der Waals surface area (Å²) < 4.78 is 40.1. The number of piperidine rings is 1. The van der Waals surface area contributed by atoms with Gasteiger partial charge in [-0.05, 0) is 12.8 Å². The molecule has 2 N–H and O–H groups in total. The number of nitrogens with zero attached hydrogens (tertiary/aromatic N) is 5. The molecule has 1 saturated heterocycles. The third kappa shape index (κ3) is 2.60. The van der Waals surface area contributed by atoms with Gasteiger partial charge in [-0.1, -0.05) is 0 Å². The van der Waals surface area contributed by atoms with Crippen molar-refractivity contribution in [2.45, 2.75) is 25.6 Å². The smallest absolute Gasteiger partial charge is 0.355 e. The zero-order chi connectivity index (χ0) is 15.9. The number of rotatable bonds is 2. The molecule has 0 atom stereocenters. The monoisotopic (exact) mass is 314 g/mol. The first kappa shape index (κ1) is 15.0. The van der Waals surface area contributed by atoms with Crippen molar-refractivity contribution in [3.8, 4) is 0 Å². The van der Waals surface area contributed by atoms with Gasteiger partial charge in [0.1, 0.15) is 5.82 Å². The molecule has 1 aliphatic heterocycles. The van der Waals surface area contributed by atoms with Gasteiger partial charge in [0, 0.05) is 20.1 Å². The van der Waals surface area contributed by atoms with Crippen LogP contribution in [0.1, 0.15) is 18.7 Å². The zero-order valence-electron chi connectivity index (χ0n) is 12.1. The highest BCUT2D eigenvalue weighted by molar-refractivity contribution is 5.83. The summed E-state index contributed by atoms with van der Waals surface area (Å²) in [7, 11) is 1.81. The fraction of sp³-hybridized carbons (Fsp3) is 0.615.